The molecule has 1 aromatic carbocycles. The van der Waals surface area contributed by atoms with Crippen molar-refractivity contribution in [3.05, 3.63) is 36.2 Å². The molecule has 9 nitrogen and oxygen atoms in total. The van der Waals surface area contributed by atoms with Gasteiger partial charge >= 0.3 is 6.03 Å². The monoisotopic (exact) mass is 371 g/mol. The zero-order chi connectivity index (χ0) is 19.2. The zero-order valence-electron chi connectivity index (χ0n) is 15.2. The summed E-state index contributed by atoms with van der Waals surface area (Å²) >= 11 is 0. The SMILES string of the molecule is NC(=O)NCCC[C@H](N)C(=O)N1CCc2nc(-c3ccccc3)nn2CC1. The average Bonchev–Trinajstić information content (AvgIpc) is 2.98. The molecule has 3 amide bonds. The number of carbonyl (C=O) groups is 2. The summed E-state index contributed by atoms with van der Waals surface area (Å²) in [5, 5.41) is 7.08. The Bertz CT molecular complexity index is 765. The van der Waals surface area contributed by atoms with E-state index in [1.165, 1.54) is 0 Å². The molecule has 5 N–H and O–H groups in total. The Morgan fingerprint density at radius 2 is 1.96 bits per heavy atom. The van der Waals surface area contributed by atoms with Gasteiger partial charge in [0.2, 0.25) is 5.91 Å². The Morgan fingerprint density at radius 1 is 1.19 bits per heavy atom. The fraction of sp³-hybridized carbons (Fsp3) is 0.444. The fourth-order valence-corrected chi connectivity index (χ4v) is 3.12. The molecule has 0 bridgehead atoms. The number of amides is 3. The van der Waals surface area contributed by atoms with E-state index in [-0.39, 0.29) is 5.91 Å². The number of hydrogen-bond donors (Lipinski definition) is 3. The van der Waals surface area contributed by atoms with Gasteiger partial charge in [-0.25, -0.2) is 14.5 Å². The lowest BCUT2D eigenvalue weighted by molar-refractivity contribution is -0.132. The topological polar surface area (TPSA) is 132 Å². The molecule has 144 valence electrons. The first kappa shape index (κ1) is 18.8. The minimum atomic E-state index is -0.585. The largest absolute Gasteiger partial charge is 0.352 e. The van der Waals surface area contributed by atoms with Gasteiger partial charge in [-0.15, -0.1) is 0 Å². The molecule has 2 aromatic rings. The van der Waals surface area contributed by atoms with Crippen LogP contribution in [0.4, 0.5) is 4.79 Å². The van der Waals surface area contributed by atoms with Crippen molar-refractivity contribution < 1.29 is 9.59 Å². The summed E-state index contributed by atoms with van der Waals surface area (Å²) < 4.78 is 1.87. The molecule has 1 aromatic heterocycles. The van der Waals surface area contributed by atoms with Crippen LogP contribution in [0, 0.1) is 0 Å². The zero-order valence-corrected chi connectivity index (χ0v) is 15.2. The third-order valence-corrected chi connectivity index (χ3v) is 4.59. The number of primary amides is 1. The van der Waals surface area contributed by atoms with Crippen LogP contribution in [0.2, 0.25) is 0 Å². The van der Waals surface area contributed by atoms with Crippen LogP contribution in [0.1, 0.15) is 18.7 Å². The van der Waals surface area contributed by atoms with Crippen LogP contribution in [0.5, 0.6) is 0 Å². The minimum Gasteiger partial charge on any atom is -0.352 e. The maximum Gasteiger partial charge on any atom is 0.312 e. The van der Waals surface area contributed by atoms with Crippen LogP contribution >= 0.6 is 0 Å². The Kier molecular flexibility index (Phi) is 6.02. The van der Waals surface area contributed by atoms with E-state index in [0.29, 0.717) is 51.3 Å². The second kappa shape index (κ2) is 8.63. The number of carbonyl (C=O) groups excluding carboxylic acids is 2. The molecule has 1 aliphatic rings. The number of benzene rings is 1. The third-order valence-electron chi connectivity index (χ3n) is 4.59. The number of fused-ring (bicyclic) bond motifs is 1. The molecule has 9 heteroatoms. The summed E-state index contributed by atoms with van der Waals surface area (Å²) in [6.45, 7) is 2.13. The predicted molar refractivity (Wildman–Crippen MR) is 101 cm³/mol. The van der Waals surface area contributed by atoms with Crippen molar-refractivity contribution >= 4 is 11.9 Å². The van der Waals surface area contributed by atoms with E-state index >= 15 is 0 Å². The van der Waals surface area contributed by atoms with E-state index in [1.807, 2.05) is 35.0 Å². The molecule has 0 saturated heterocycles. The Hall–Kier alpha value is -2.94. The van der Waals surface area contributed by atoms with Gasteiger partial charge < -0.3 is 21.7 Å². The van der Waals surface area contributed by atoms with Crippen molar-refractivity contribution in [2.24, 2.45) is 11.5 Å². The molecule has 0 unspecified atom stereocenters. The van der Waals surface area contributed by atoms with E-state index in [1.54, 1.807) is 4.90 Å². The van der Waals surface area contributed by atoms with Crippen molar-refractivity contribution in [2.45, 2.75) is 31.8 Å². The predicted octanol–water partition coefficient (Wildman–Crippen LogP) is 0.106. The third kappa shape index (κ3) is 4.82. The van der Waals surface area contributed by atoms with Crippen LogP contribution < -0.4 is 16.8 Å². The standard InChI is InChI=1S/C18H25N7O2/c19-14(7-4-9-21-18(20)27)17(26)24-10-8-15-22-16(23-25(15)12-11-24)13-5-2-1-3-6-13/h1-3,5-6,14H,4,7-12,19H2,(H3,20,21,27)/t14-/m0/s1. The number of aromatic nitrogens is 3. The van der Waals surface area contributed by atoms with Gasteiger partial charge in [-0.1, -0.05) is 30.3 Å². The molecular formula is C18H25N7O2. The van der Waals surface area contributed by atoms with E-state index in [4.69, 9.17) is 11.5 Å². The van der Waals surface area contributed by atoms with Crippen LogP contribution in [-0.2, 0) is 17.8 Å². The molecule has 0 fully saturated rings. The van der Waals surface area contributed by atoms with Crippen molar-refractivity contribution in [3.8, 4) is 11.4 Å². The first-order valence-corrected chi connectivity index (χ1v) is 9.11. The van der Waals surface area contributed by atoms with Crippen LogP contribution in [-0.4, -0.2) is 57.3 Å². The van der Waals surface area contributed by atoms with Crippen molar-refractivity contribution in [2.75, 3.05) is 19.6 Å². The molecule has 0 spiro atoms. The van der Waals surface area contributed by atoms with Crippen molar-refractivity contribution in [1.29, 1.82) is 0 Å². The fourth-order valence-electron chi connectivity index (χ4n) is 3.12. The summed E-state index contributed by atoms with van der Waals surface area (Å²) in [5.41, 5.74) is 12.0. The normalized spacial score (nSPS) is 14.9. The molecule has 2 heterocycles. The highest BCUT2D eigenvalue weighted by Crippen LogP contribution is 2.17. The van der Waals surface area contributed by atoms with Gasteiger partial charge in [0, 0.05) is 31.6 Å². The summed E-state index contributed by atoms with van der Waals surface area (Å²) in [7, 11) is 0. The molecule has 1 atom stereocenters. The first-order chi connectivity index (χ1) is 13.0. The lowest BCUT2D eigenvalue weighted by Crippen LogP contribution is -2.45. The smallest absolute Gasteiger partial charge is 0.312 e. The van der Waals surface area contributed by atoms with E-state index in [2.05, 4.69) is 15.4 Å². The van der Waals surface area contributed by atoms with Gasteiger partial charge in [0.05, 0.1) is 12.6 Å². The summed E-state index contributed by atoms with van der Waals surface area (Å²) in [6.07, 6.45) is 1.74. The average molecular weight is 371 g/mol. The second-order valence-corrected chi connectivity index (χ2v) is 6.56. The Labute approximate surface area is 157 Å². The highest BCUT2D eigenvalue weighted by molar-refractivity contribution is 5.81. The Balaban J connectivity index is 1.54. The molecule has 3 rings (SSSR count). The highest BCUT2D eigenvalue weighted by Gasteiger charge is 2.24. The lowest BCUT2D eigenvalue weighted by Gasteiger charge is -2.23. The van der Waals surface area contributed by atoms with Crippen LogP contribution in [0.15, 0.2) is 30.3 Å². The van der Waals surface area contributed by atoms with E-state index in [0.717, 1.165) is 11.4 Å². The maximum absolute atomic E-state index is 12.6. The number of rotatable bonds is 6. The lowest BCUT2D eigenvalue weighted by atomic mass is 10.1. The first-order valence-electron chi connectivity index (χ1n) is 9.11. The number of urea groups is 1. The number of nitrogens with one attached hydrogen (secondary N) is 1. The number of hydrogen-bond acceptors (Lipinski definition) is 5. The van der Waals surface area contributed by atoms with Crippen molar-refractivity contribution in [3.63, 3.8) is 0 Å². The van der Waals surface area contributed by atoms with Gasteiger partial charge in [-0.05, 0) is 12.8 Å². The van der Waals surface area contributed by atoms with E-state index in [9.17, 15) is 9.59 Å². The number of nitrogens with two attached hydrogens (primary N) is 2. The Morgan fingerprint density at radius 3 is 2.70 bits per heavy atom. The maximum atomic E-state index is 12.6. The molecule has 27 heavy (non-hydrogen) atoms. The second-order valence-electron chi connectivity index (χ2n) is 6.56. The van der Waals surface area contributed by atoms with Crippen molar-refractivity contribution in [1.82, 2.24) is 25.0 Å². The van der Waals surface area contributed by atoms with E-state index < -0.39 is 12.1 Å². The molecule has 1 aliphatic heterocycles. The minimum absolute atomic E-state index is 0.0805. The van der Waals surface area contributed by atoms with Crippen LogP contribution in [0.3, 0.4) is 0 Å². The van der Waals surface area contributed by atoms with Gasteiger partial charge in [-0.2, -0.15) is 5.10 Å². The van der Waals surface area contributed by atoms with Gasteiger partial charge in [0.1, 0.15) is 5.82 Å². The number of nitrogens with zero attached hydrogens (tertiary/aromatic N) is 4. The quantitative estimate of drug-likeness (QED) is 0.620. The van der Waals surface area contributed by atoms with Gasteiger partial charge in [0.25, 0.3) is 0 Å². The van der Waals surface area contributed by atoms with Gasteiger partial charge in [0.15, 0.2) is 5.82 Å². The highest BCUT2D eigenvalue weighted by atomic mass is 16.2. The summed E-state index contributed by atoms with van der Waals surface area (Å²) in [4.78, 5) is 29.6. The summed E-state index contributed by atoms with van der Waals surface area (Å²) in [6, 6.07) is 8.69. The molecule has 0 aliphatic carbocycles. The van der Waals surface area contributed by atoms with Crippen LogP contribution in [0.25, 0.3) is 11.4 Å². The summed E-state index contributed by atoms with van der Waals surface area (Å²) in [5.74, 6) is 1.51. The van der Waals surface area contributed by atoms with Gasteiger partial charge in [-0.3, -0.25) is 4.79 Å². The molecule has 0 radical (unpaired) electrons. The molecule has 0 saturated carbocycles. The molecular weight excluding hydrogens is 346 g/mol.